The summed E-state index contributed by atoms with van der Waals surface area (Å²) in [6, 6.07) is 4.10. The van der Waals surface area contributed by atoms with Crippen LogP contribution in [-0.4, -0.2) is 11.5 Å². The highest BCUT2D eigenvalue weighted by Crippen LogP contribution is 2.12. The molecule has 16 heavy (non-hydrogen) atoms. The van der Waals surface area contributed by atoms with Gasteiger partial charge in [-0.05, 0) is 43.0 Å². The molecule has 0 radical (unpaired) electrons. The van der Waals surface area contributed by atoms with Crippen LogP contribution in [0.2, 0.25) is 0 Å². The molecule has 0 aliphatic carbocycles. The van der Waals surface area contributed by atoms with E-state index < -0.39 is 0 Å². The summed E-state index contributed by atoms with van der Waals surface area (Å²) in [7, 11) is 0. The Hall–Kier alpha value is -1.15. The first-order valence-electron chi connectivity index (χ1n) is 6.07. The monoisotopic (exact) mass is 218 g/mol. The average Bonchev–Trinajstić information content (AvgIpc) is 2.34. The number of nitrogens with one attached hydrogen (secondary N) is 1. The zero-order valence-electron chi connectivity index (χ0n) is 10.2. The van der Waals surface area contributed by atoms with E-state index in [4.69, 9.17) is 0 Å². The molecule has 0 aromatic carbocycles. The number of pyridine rings is 1. The van der Waals surface area contributed by atoms with Crippen LogP contribution in [0.5, 0.6) is 0 Å². The highest BCUT2D eigenvalue weighted by atomic mass is 14.8. The van der Waals surface area contributed by atoms with Gasteiger partial charge in [-0.3, -0.25) is 4.98 Å². The van der Waals surface area contributed by atoms with Gasteiger partial charge in [0.2, 0.25) is 0 Å². The lowest BCUT2D eigenvalue weighted by molar-refractivity contribution is 0.456. The summed E-state index contributed by atoms with van der Waals surface area (Å²) in [5, 5.41) is 3.46. The van der Waals surface area contributed by atoms with Crippen LogP contribution in [0, 0.1) is 5.92 Å². The molecule has 0 amide bonds. The van der Waals surface area contributed by atoms with Crippen LogP contribution >= 0.6 is 0 Å². The quantitative estimate of drug-likeness (QED) is 0.535. The summed E-state index contributed by atoms with van der Waals surface area (Å²) in [6.45, 7) is 8.06. The van der Waals surface area contributed by atoms with Crippen molar-refractivity contribution in [1.29, 1.82) is 0 Å². The van der Waals surface area contributed by atoms with Gasteiger partial charge in [0.15, 0.2) is 0 Å². The van der Waals surface area contributed by atoms with E-state index in [0.717, 1.165) is 25.4 Å². The largest absolute Gasteiger partial charge is 0.313 e. The SMILES string of the molecule is C=CCC(CC)CCNCc1ccncc1. The number of hydrogen-bond donors (Lipinski definition) is 1. The molecule has 0 bridgehead atoms. The van der Waals surface area contributed by atoms with Crippen molar-refractivity contribution in [2.45, 2.75) is 32.7 Å². The van der Waals surface area contributed by atoms with Crippen LogP contribution < -0.4 is 5.32 Å². The highest BCUT2D eigenvalue weighted by Gasteiger charge is 2.02. The standard InChI is InChI=1S/C14H22N2/c1-3-5-13(4-2)6-11-16-12-14-7-9-15-10-8-14/h3,7-10,13,16H,1,4-6,11-12H2,2H3. The van der Waals surface area contributed by atoms with Crippen LogP contribution in [0.1, 0.15) is 31.7 Å². The second-order valence-corrected chi connectivity index (χ2v) is 4.12. The first-order valence-corrected chi connectivity index (χ1v) is 6.07. The molecule has 0 saturated heterocycles. The fourth-order valence-corrected chi connectivity index (χ4v) is 1.76. The molecule has 1 atom stereocenters. The summed E-state index contributed by atoms with van der Waals surface area (Å²) in [5.74, 6) is 0.780. The maximum Gasteiger partial charge on any atom is 0.0271 e. The fourth-order valence-electron chi connectivity index (χ4n) is 1.76. The summed E-state index contributed by atoms with van der Waals surface area (Å²) in [5.41, 5.74) is 1.30. The first-order chi connectivity index (χ1) is 7.86. The third-order valence-corrected chi connectivity index (χ3v) is 2.89. The van der Waals surface area contributed by atoms with Crippen molar-refractivity contribution in [3.63, 3.8) is 0 Å². The molecule has 0 fully saturated rings. The molecule has 2 nitrogen and oxygen atoms in total. The van der Waals surface area contributed by atoms with Gasteiger partial charge in [-0.15, -0.1) is 6.58 Å². The molecule has 1 N–H and O–H groups in total. The number of rotatable bonds is 8. The van der Waals surface area contributed by atoms with Crippen LogP contribution in [0.4, 0.5) is 0 Å². The van der Waals surface area contributed by atoms with Gasteiger partial charge in [0.1, 0.15) is 0 Å². The number of aromatic nitrogens is 1. The van der Waals surface area contributed by atoms with Gasteiger partial charge in [-0.25, -0.2) is 0 Å². The van der Waals surface area contributed by atoms with E-state index in [1.54, 1.807) is 0 Å². The predicted octanol–water partition coefficient (Wildman–Crippen LogP) is 3.16. The Morgan fingerprint density at radius 1 is 1.44 bits per heavy atom. The molecule has 0 aliphatic rings. The Morgan fingerprint density at radius 2 is 2.19 bits per heavy atom. The lowest BCUT2D eigenvalue weighted by atomic mass is 9.98. The van der Waals surface area contributed by atoms with E-state index in [9.17, 15) is 0 Å². The third-order valence-electron chi connectivity index (χ3n) is 2.89. The van der Waals surface area contributed by atoms with Gasteiger partial charge in [0.25, 0.3) is 0 Å². The molecule has 1 unspecified atom stereocenters. The zero-order valence-corrected chi connectivity index (χ0v) is 10.2. The summed E-state index contributed by atoms with van der Waals surface area (Å²) in [6.07, 6.45) is 9.30. The Bertz CT molecular complexity index is 282. The van der Waals surface area contributed by atoms with Crippen LogP contribution in [0.3, 0.4) is 0 Å². The number of nitrogens with zero attached hydrogens (tertiary/aromatic N) is 1. The van der Waals surface area contributed by atoms with Gasteiger partial charge in [0.05, 0.1) is 0 Å². The molecular formula is C14H22N2. The molecular weight excluding hydrogens is 196 g/mol. The molecule has 0 aliphatic heterocycles. The Morgan fingerprint density at radius 3 is 2.81 bits per heavy atom. The summed E-state index contributed by atoms with van der Waals surface area (Å²) in [4.78, 5) is 4.00. The summed E-state index contributed by atoms with van der Waals surface area (Å²) < 4.78 is 0. The Balaban J connectivity index is 2.13. The highest BCUT2D eigenvalue weighted by molar-refractivity contribution is 5.08. The fraction of sp³-hybridized carbons (Fsp3) is 0.500. The molecule has 1 heterocycles. The first kappa shape index (κ1) is 12.9. The van der Waals surface area contributed by atoms with Gasteiger partial charge in [0, 0.05) is 18.9 Å². The molecule has 0 spiro atoms. The van der Waals surface area contributed by atoms with E-state index in [0.29, 0.717) is 0 Å². The predicted molar refractivity (Wildman–Crippen MR) is 69.2 cm³/mol. The van der Waals surface area contributed by atoms with Crippen LogP contribution in [0.25, 0.3) is 0 Å². The average molecular weight is 218 g/mol. The maximum absolute atomic E-state index is 4.00. The zero-order chi connectivity index (χ0) is 11.6. The van der Waals surface area contributed by atoms with Crippen molar-refractivity contribution < 1.29 is 0 Å². The van der Waals surface area contributed by atoms with Crippen molar-refractivity contribution in [1.82, 2.24) is 10.3 Å². The molecule has 0 saturated carbocycles. The van der Waals surface area contributed by atoms with Gasteiger partial charge in [-0.2, -0.15) is 0 Å². The van der Waals surface area contributed by atoms with E-state index in [1.807, 2.05) is 30.6 Å². The molecule has 1 aromatic rings. The summed E-state index contributed by atoms with van der Waals surface area (Å²) >= 11 is 0. The van der Waals surface area contributed by atoms with E-state index in [-0.39, 0.29) is 0 Å². The lowest BCUT2D eigenvalue weighted by Crippen LogP contribution is -2.17. The van der Waals surface area contributed by atoms with Crippen molar-refractivity contribution in [3.8, 4) is 0 Å². The molecule has 1 aromatic heterocycles. The van der Waals surface area contributed by atoms with Crippen molar-refractivity contribution >= 4 is 0 Å². The lowest BCUT2D eigenvalue weighted by Gasteiger charge is -2.12. The van der Waals surface area contributed by atoms with Crippen LogP contribution in [0.15, 0.2) is 37.2 Å². The minimum atomic E-state index is 0.780. The third kappa shape index (κ3) is 5.08. The minimum absolute atomic E-state index is 0.780. The van der Waals surface area contributed by atoms with E-state index in [1.165, 1.54) is 18.4 Å². The maximum atomic E-state index is 4.00. The topological polar surface area (TPSA) is 24.9 Å². The van der Waals surface area contributed by atoms with E-state index >= 15 is 0 Å². The van der Waals surface area contributed by atoms with Crippen molar-refractivity contribution in [2.24, 2.45) is 5.92 Å². The normalized spacial score (nSPS) is 12.3. The van der Waals surface area contributed by atoms with Crippen molar-refractivity contribution in [2.75, 3.05) is 6.54 Å². The minimum Gasteiger partial charge on any atom is -0.313 e. The number of hydrogen-bond acceptors (Lipinski definition) is 2. The smallest absolute Gasteiger partial charge is 0.0271 e. The molecule has 1 rings (SSSR count). The van der Waals surface area contributed by atoms with Gasteiger partial charge in [-0.1, -0.05) is 19.4 Å². The number of allylic oxidation sites excluding steroid dienone is 1. The van der Waals surface area contributed by atoms with Crippen molar-refractivity contribution in [3.05, 3.63) is 42.7 Å². The second-order valence-electron chi connectivity index (χ2n) is 4.12. The molecule has 2 heteroatoms. The second kappa shape index (κ2) is 8.05. The Kier molecular flexibility index (Phi) is 6.50. The molecule has 88 valence electrons. The van der Waals surface area contributed by atoms with E-state index in [2.05, 4.69) is 23.8 Å². The Labute approximate surface area is 98.8 Å². The van der Waals surface area contributed by atoms with Gasteiger partial charge < -0.3 is 5.32 Å². The van der Waals surface area contributed by atoms with Gasteiger partial charge >= 0.3 is 0 Å². The van der Waals surface area contributed by atoms with Crippen LogP contribution in [-0.2, 0) is 6.54 Å².